The van der Waals surface area contributed by atoms with Gasteiger partial charge < -0.3 is 10.8 Å². The van der Waals surface area contributed by atoms with Crippen molar-refractivity contribution < 1.29 is 149 Å². The first-order valence-corrected chi connectivity index (χ1v) is 16.5. The third kappa shape index (κ3) is 8.25. The van der Waals surface area contributed by atoms with E-state index in [-0.39, 0.29) is 0 Å². The molecule has 0 saturated heterocycles. The van der Waals surface area contributed by atoms with E-state index in [2.05, 4.69) is 0 Å². The Morgan fingerprint density at radius 2 is 0.390 bits per heavy atom. The van der Waals surface area contributed by atoms with Crippen molar-refractivity contribution in [1.82, 2.24) is 0 Å². The average Bonchev–Trinajstić information content (AvgIpc) is 2.98. The average molecular weight is 982 g/mol. The highest BCUT2D eigenvalue weighted by molar-refractivity contribution is 6.73. The Morgan fingerprint density at radius 3 is 0.559 bits per heavy atom. The van der Waals surface area contributed by atoms with E-state index >= 15 is 0 Å². The van der Waals surface area contributed by atoms with E-state index in [0.29, 0.717) is 0 Å². The van der Waals surface area contributed by atoms with Crippen LogP contribution in [0, 0.1) is 0 Å². The summed E-state index contributed by atoms with van der Waals surface area (Å²) < 4.78 is 454. The van der Waals surface area contributed by atoms with Crippen molar-refractivity contribution in [2.75, 3.05) is 0 Å². The second-order valence-electron chi connectivity index (χ2n) is 12.2. The quantitative estimate of drug-likeness (QED) is 0.0943. The van der Waals surface area contributed by atoms with E-state index in [1.165, 1.54) is 0 Å². The SMILES string of the molecule is N[Si](N)(CCCC(F)(F)C(F)(F)C(F)(F)C(F)(F)C(F)(F)C(F)(F)C(F)(F)C(F)(F)F)CCCC(F)(F)C(F)(F)C(F)(F)C(F)(F)C(F)(F)C(F)(F)C(F)(F)C(F)(F)F. The van der Waals surface area contributed by atoms with Crippen LogP contribution in [0.3, 0.4) is 0 Å². The first-order chi connectivity index (χ1) is 24.9. The zero-order valence-corrected chi connectivity index (χ0v) is 27.7. The Kier molecular flexibility index (Phi) is 14.4. The fourth-order valence-electron chi connectivity index (χ4n) is 4.11. The molecule has 0 spiro atoms. The molecule has 0 aliphatic rings. The van der Waals surface area contributed by atoms with E-state index in [9.17, 15) is 149 Å². The molecule has 59 heavy (non-hydrogen) atoms. The zero-order valence-electron chi connectivity index (χ0n) is 26.7. The van der Waals surface area contributed by atoms with Crippen LogP contribution in [-0.2, 0) is 0 Å². The first kappa shape index (κ1) is 56.8. The van der Waals surface area contributed by atoms with Crippen molar-refractivity contribution in [2.45, 2.75) is 133 Å². The van der Waals surface area contributed by atoms with Crippen molar-refractivity contribution in [1.29, 1.82) is 0 Å². The van der Waals surface area contributed by atoms with Gasteiger partial charge in [0.05, 0.1) is 0 Å². The van der Waals surface area contributed by atoms with Gasteiger partial charge in [-0.25, -0.2) is 0 Å². The Morgan fingerprint density at radius 1 is 0.237 bits per heavy atom. The van der Waals surface area contributed by atoms with Crippen LogP contribution in [0.4, 0.5) is 149 Å². The topological polar surface area (TPSA) is 52.0 Å². The van der Waals surface area contributed by atoms with Crippen LogP contribution in [0.2, 0.25) is 12.1 Å². The van der Waals surface area contributed by atoms with Crippen LogP contribution in [0.5, 0.6) is 0 Å². The summed E-state index contributed by atoms with van der Waals surface area (Å²) in [5, 5.41) is 10.2. The van der Waals surface area contributed by atoms with Gasteiger partial charge in [-0.15, -0.1) is 0 Å². The minimum Gasteiger partial charge on any atom is -0.339 e. The van der Waals surface area contributed by atoms with Crippen molar-refractivity contribution in [3.63, 3.8) is 0 Å². The monoisotopic (exact) mass is 982 g/mol. The highest BCUT2D eigenvalue weighted by atomic mass is 28.3. The van der Waals surface area contributed by atoms with Crippen LogP contribution in [0.1, 0.15) is 25.7 Å². The Bertz CT molecular complexity index is 1350. The minimum absolute atomic E-state index is 1.79. The predicted molar refractivity (Wildman–Crippen MR) is 124 cm³/mol. The summed E-state index contributed by atoms with van der Waals surface area (Å²) in [5.74, 6) is -119. The molecule has 356 valence electrons. The Hall–Kier alpha value is -2.24. The molecular formula is C22H16F34N2Si. The van der Waals surface area contributed by atoms with Crippen LogP contribution >= 0.6 is 0 Å². The van der Waals surface area contributed by atoms with E-state index < -0.39 is 141 Å². The number of nitrogens with two attached hydrogens (primary N) is 2. The van der Waals surface area contributed by atoms with Gasteiger partial charge in [-0.1, -0.05) is 0 Å². The maximum atomic E-state index is 14.0. The number of hydrogen-bond donors (Lipinski definition) is 2. The summed E-state index contributed by atoms with van der Waals surface area (Å²) in [7, 11) is -5.02. The molecule has 0 rings (SSSR count). The molecule has 0 aromatic heterocycles. The lowest BCUT2D eigenvalue weighted by Gasteiger charge is -2.43. The van der Waals surface area contributed by atoms with Crippen LogP contribution in [0.25, 0.3) is 0 Å². The van der Waals surface area contributed by atoms with E-state index in [4.69, 9.17) is 10.8 Å². The molecule has 0 unspecified atom stereocenters. The molecule has 0 aromatic carbocycles. The standard InChI is InChI=1S/C22H16F34N2Si/c23-7(24,9(27,28)11(31,32)13(35,36)15(39,40)17(43,44)19(47,48)21(51,52)53)3-1-5-59(57,58)6-2-4-8(25,26)10(29,30)12(33,34)14(37,38)16(41,42)18(45,46)20(49,50)22(54,55)56/h1-6,57-58H2. The van der Waals surface area contributed by atoms with Crippen molar-refractivity contribution in [3.05, 3.63) is 0 Å². The summed E-state index contributed by atoms with van der Waals surface area (Å²) in [6, 6.07) is -3.59. The fourth-order valence-corrected chi connectivity index (χ4v) is 6.03. The largest absolute Gasteiger partial charge is 0.460 e. The summed E-state index contributed by atoms with van der Waals surface area (Å²) >= 11 is 0. The summed E-state index contributed by atoms with van der Waals surface area (Å²) in [6.45, 7) is 0. The lowest BCUT2D eigenvalue weighted by Crippen LogP contribution is -2.74. The third-order valence-corrected chi connectivity index (χ3v) is 10.4. The third-order valence-electron chi connectivity index (χ3n) is 7.84. The van der Waals surface area contributed by atoms with Gasteiger partial charge in [-0.2, -0.15) is 149 Å². The fraction of sp³-hybridized carbons (Fsp3) is 1.00. The molecule has 0 heterocycles. The van der Waals surface area contributed by atoms with Gasteiger partial charge in [0.25, 0.3) is 0 Å². The molecular weight excluding hydrogens is 966 g/mol. The number of rotatable bonds is 20. The second-order valence-corrected chi connectivity index (χ2v) is 15.7. The van der Waals surface area contributed by atoms with E-state index in [1.54, 1.807) is 0 Å². The van der Waals surface area contributed by atoms with Crippen molar-refractivity contribution in [3.8, 4) is 0 Å². The molecule has 0 fully saturated rings. The first-order valence-electron chi connectivity index (χ1n) is 13.9. The molecule has 4 N–H and O–H groups in total. The van der Waals surface area contributed by atoms with Crippen molar-refractivity contribution >= 4 is 8.40 Å². The van der Waals surface area contributed by atoms with E-state index in [1.807, 2.05) is 0 Å². The maximum absolute atomic E-state index is 14.0. The van der Waals surface area contributed by atoms with Crippen LogP contribution in [-0.4, -0.2) is 104 Å². The lowest BCUT2D eigenvalue weighted by molar-refractivity contribution is -0.461. The summed E-state index contributed by atoms with van der Waals surface area (Å²) in [5.41, 5.74) is 0. The maximum Gasteiger partial charge on any atom is 0.460 e. The Balaban J connectivity index is 6.26. The lowest BCUT2D eigenvalue weighted by atomic mass is 9.88. The highest BCUT2D eigenvalue weighted by Crippen LogP contribution is 2.66. The van der Waals surface area contributed by atoms with Gasteiger partial charge in [0.2, 0.25) is 0 Å². The molecule has 0 aliphatic carbocycles. The minimum atomic E-state index is -8.99. The molecule has 0 amide bonds. The molecule has 0 aromatic rings. The number of halogens is 34. The number of alkyl halides is 34. The molecule has 0 saturated carbocycles. The highest BCUT2D eigenvalue weighted by Gasteiger charge is 2.96. The molecule has 0 aliphatic heterocycles. The van der Waals surface area contributed by atoms with Gasteiger partial charge in [0, 0.05) is 12.8 Å². The van der Waals surface area contributed by atoms with Crippen molar-refractivity contribution in [2.24, 2.45) is 10.8 Å². The molecule has 0 atom stereocenters. The zero-order chi connectivity index (χ0) is 48.7. The summed E-state index contributed by atoms with van der Waals surface area (Å²) in [6.07, 6.45) is -26.9. The van der Waals surface area contributed by atoms with Gasteiger partial charge in [-0.05, 0) is 24.9 Å². The van der Waals surface area contributed by atoms with Gasteiger partial charge in [-0.3, -0.25) is 0 Å². The van der Waals surface area contributed by atoms with Gasteiger partial charge in [0.15, 0.2) is 8.40 Å². The molecule has 0 bridgehead atoms. The second kappa shape index (κ2) is 14.9. The van der Waals surface area contributed by atoms with Gasteiger partial charge >= 0.3 is 95.3 Å². The molecule has 0 radical (unpaired) electrons. The summed E-state index contributed by atoms with van der Waals surface area (Å²) in [4.78, 5) is 0. The molecule has 2 nitrogen and oxygen atoms in total. The molecule has 37 heteroatoms. The van der Waals surface area contributed by atoms with Crippen LogP contribution < -0.4 is 10.8 Å². The van der Waals surface area contributed by atoms with E-state index in [0.717, 1.165) is 0 Å². The smallest absolute Gasteiger partial charge is 0.339 e. The van der Waals surface area contributed by atoms with Gasteiger partial charge in [0.1, 0.15) is 0 Å². The Labute approximate surface area is 302 Å². The van der Waals surface area contributed by atoms with Crippen LogP contribution in [0.15, 0.2) is 0 Å². The predicted octanol–water partition coefficient (Wildman–Crippen LogP) is 11.9. The normalized spacial score (nSPS) is 16.9. The number of hydrogen-bond acceptors (Lipinski definition) is 2.